The van der Waals surface area contributed by atoms with Crippen LogP contribution in [0.5, 0.6) is 0 Å². The number of aromatic nitrogens is 2. The van der Waals surface area contributed by atoms with Crippen LogP contribution < -0.4 is 0 Å². The van der Waals surface area contributed by atoms with Gasteiger partial charge in [-0.2, -0.15) is 0 Å². The molecule has 0 aliphatic heterocycles. The molecule has 0 unspecified atom stereocenters. The summed E-state index contributed by atoms with van der Waals surface area (Å²) in [6.45, 7) is 2.54. The minimum atomic E-state index is 0.447. The summed E-state index contributed by atoms with van der Waals surface area (Å²) >= 11 is 10.0. The van der Waals surface area contributed by atoms with Crippen LogP contribution in [0.4, 0.5) is 0 Å². The molecular formula is C14H14ClIN2OS. The van der Waals surface area contributed by atoms with E-state index in [0.29, 0.717) is 17.5 Å². The highest BCUT2D eigenvalue weighted by Gasteiger charge is 2.11. The fourth-order valence-corrected chi connectivity index (χ4v) is 3.16. The average molecular weight is 421 g/mol. The van der Waals surface area contributed by atoms with Crippen molar-refractivity contribution in [3.8, 4) is 0 Å². The van der Waals surface area contributed by atoms with E-state index >= 15 is 0 Å². The second kappa shape index (κ2) is 7.59. The Hall–Kier alpha value is -0.370. The molecule has 0 atom stereocenters. The van der Waals surface area contributed by atoms with Crippen LogP contribution in [0.15, 0.2) is 29.2 Å². The molecule has 106 valence electrons. The highest BCUT2D eigenvalue weighted by Crippen LogP contribution is 2.26. The molecule has 20 heavy (non-hydrogen) atoms. The Labute approximate surface area is 141 Å². The van der Waals surface area contributed by atoms with E-state index in [1.165, 1.54) is 10.5 Å². The van der Waals surface area contributed by atoms with E-state index < -0.39 is 0 Å². The second-order valence-corrected chi connectivity index (χ2v) is 6.63. The third-order valence-corrected chi connectivity index (χ3v) is 5.55. The van der Waals surface area contributed by atoms with Crippen molar-refractivity contribution >= 4 is 46.0 Å². The van der Waals surface area contributed by atoms with Gasteiger partial charge in [-0.05, 0) is 41.1 Å². The van der Waals surface area contributed by atoms with E-state index in [1.54, 1.807) is 18.9 Å². The summed E-state index contributed by atoms with van der Waals surface area (Å²) in [6, 6.07) is 8.27. The molecule has 1 aromatic heterocycles. The predicted molar refractivity (Wildman–Crippen MR) is 91.2 cm³/mol. The van der Waals surface area contributed by atoms with Crippen molar-refractivity contribution in [3.63, 3.8) is 0 Å². The van der Waals surface area contributed by atoms with Crippen LogP contribution in [0.3, 0.4) is 0 Å². The van der Waals surface area contributed by atoms with Gasteiger partial charge in [0.15, 0.2) is 0 Å². The van der Waals surface area contributed by atoms with Crippen LogP contribution in [0.1, 0.15) is 17.1 Å². The summed E-state index contributed by atoms with van der Waals surface area (Å²) in [7, 11) is 1.65. The topological polar surface area (TPSA) is 35.0 Å². The minimum Gasteiger partial charge on any atom is -0.378 e. The fourth-order valence-electron chi connectivity index (χ4n) is 1.67. The first-order valence-corrected chi connectivity index (χ1v) is 8.44. The van der Waals surface area contributed by atoms with Crippen molar-refractivity contribution in [1.29, 1.82) is 0 Å². The lowest BCUT2D eigenvalue weighted by molar-refractivity contribution is 0.180. The Morgan fingerprint density at radius 3 is 2.75 bits per heavy atom. The van der Waals surface area contributed by atoms with E-state index in [-0.39, 0.29) is 0 Å². The van der Waals surface area contributed by atoms with Gasteiger partial charge in [-0.3, -0.25) is 0 Å². The van der Waals surface area contributed by atoms with E-state index in [9.17, 15) is 0 Å². The maximum absolute atomic E-state index is 6.14. The molecule has 0 spiro atoms. The van der Waals surface area contributed by atoms with Crippen LogP contribution >= 0.6 is 46.0 Å². The minimum absolute atomic E-state index is 0.447. The van der Waals surface area contributed by atoms with Crippen LogP contribution in [0.2, 0.25) is 5.15 Å². The molecule has 2 rings (SSSR count). The molecule has 2 aromatic rings. The standard InChI is InChI=1S/C14H14ClIN2OS/c1-9-5-3-4-6-11(9)20-8-12-17-10(7-19-2)13(16)14(15)18-12/h3-6H,7-8H2,1-2H3. The van der Waals surface area contributed by atoms with Gasteiger partial charge in [0, 0.05) is 12.0 Å². The number of methoxy groups -OCH3 is 1. The number of benzene rings is 1. The van der Waals surface area contributed by atoms with Gasteiger partial charge in [-0.25, -0.2) is 9.97 Å². The first-order valence-electron chi connectivity index (χ1n) is 6.00. The largest absolute Gasteiger partial charge is 0.378 e. The number of thioether (sulfide) groups is 1. The molecule has 1 aromatic carbocycles. The van der Waals surface area contributed by atoms with Crippen LogP contribution in [-0.4, -0.2) is 17.1 Å². The normalized spacial score (nSPS) is 10.8. The highest BCUT2D eigenvalue weighted by atomic mass is 127. The van der Waals surface area contributed by atoms with Crippen LogP contribution in [0.25, 0.3) is 0 Å². The molecule has 0 amide bonds. The lowest BCUT2D eigenvalue weighted by atomic mass is 10.2. The van der Waals surface area contributed by atoms with Crippen LogP contribution in [-0.2, 0) is 17.1 Å². The summed E-state index contributed by atoms with van der Waals surface area (Å²) < 4.78 is 6.00. The Bertz CT molecular complexity index is 610. The van der Waals surface area contributed by atoms with E-state index in [0.717, 1.165) is 15.1 Å². The number of hydrogen-bond donors (Lipinski definition) is 0. The summed E-state index contributed by atoms with van der Waals surface area (Å²) in [6.07, 6.45) is 0. The third kappa shape index (κ3) is 4.07. The molecule has 3 nitrogen and oxygen atoms in total. The van der Waals surface area contributed by atoms with Gasteiger partial charge >= 0.3 is 0 Å². The van der Waals surface area contributed by atoms with Crippen molar-refractivity contribution in [2.45, 2.75) is 24.2 Å². The molecular weight excluding hydrogens is 407 g/mol. The highest BCUT2D eigenvalue weighted by molar-refractivity contribution is 14.1. The van der Waals surface area contributed by atoms with Gasteiger partial charge in [0.05, 0.1) is 21.6 Å². The van der Waals surface area contributed by atoms with Crippen molar-refractivity contribution in [1.82, 2.24) is 9.97 Å². The SMILES string of the molecule is COCc1nc(CSc2ccccc2C)nc(Cl)c1I. The van der Waals surface area contributed by atoms with Gasteiger partial charge < -0.3 is 4.74 Å². The van der Waals surface area contributed by atoms with Gasteiger partial charge in [0.2, 0.25) is 0 Å². The molecule has 0 aliphatic carbocycles. The van der Waals surface area contributed by atoms with Gasteiger partial charge in [0.1, 0.15) is 11.0 Å². The Balaban J connectivity index is 2.16. The zero-order valence-electron chi connectivity index (χ0n) is 11.2. The lowest BCUT2D eigenvalue weighted by Crippen LogP contribution is -2.04. The predicted octanol–water partition coefficient (Wildman–Crippen LogP) is 4.48. The first-order chi connectivity index (χ1) is 9.61. The van der Waals surface area contributed by atoms with Gasteiger partial charge in [-0.15, -0.1) is 11.8 Å². The lowest BCUT2D eigenvalue weighted by Gasteiger charge is -2.08. The number of ether oxygens (including phenoxy) is 1. The van der Waals surface area contributed by atoms with Crippen molar-refractivity contribution in [3.05, 3.63) is 50.1 Å². The maximum Gasteiger partial charge on any atom is 0.146 e. The average Bonchev–Trinajstić information content (AvgIpc) is 2.43. The first kappa shape index (κ1) is 16.0. The van der Waals surface area contributed by atoms with Gasteiger partial charge in [0.25, 0.3) is 0 Å². The molecule has 0 aliphatic rings. The number of hydrogen-bond acceptors (Lipinski definition) is 4. The number of halogens is 2. The van der Waals surface area contributed by atoms with E-state index in [2.05, 4.69) is 51.6 Å². The van der Waals surface area contributed by atoms with Crippen molar-refractivity contribution < 1.29 is 4.74 Å². The Morgan fingerprint density at radius 2 is 2.05 bits per heavy atom. The van der Waals surface area contributed by atoms with Gasteiger partial charge in [-0.1, -0.05) is 29.8 Å². The quantitative estimate of drug-likeness (QED) is 0.406. The molecule has 0 fully saturated rings. The molecule has 0 saturated heterocycles. The zero-order valence-corrected chi connectivity index (χ0v) is 14.9. The molecule has 1 heterocycles. The van der Waals surface area contributed by atoms with Crippen molar-refractivity contribution in [2.75, 3.05) is 7.11 Å². The molecule has 6 heteroatoms. The molecule has 0 N–H and O–H groups in total. The molecule has 0 radical (unpaired) electrons. The maximum atomic E-state index is 6.14. The Kier molecular flexibility index (Phi) is 6.07. The second-order valence-electron chi connectivity index (χ2n) is 4.18. The summed E-state index contributed by atoms with van der Waals surface area (Å²) in [5.74, 6) is 1.42. The van der Waals surface area contributed by atoms with E-state index in [4.69, 9.17) is 16.3 Å². The third-order valence-electron chi connectivity index (χ3n) is 2.66. The smallest absolute Gasteiger partial charge is 0.146 e. The van der Waals surface area contributed by atoms with Crippen LogP contribution in [0, 0.1) is 10.5 Å². The molecule has 0 saturated carbocycles. The summed E-state index contributed by atoms with van der Waals surface area (Å²) in [4.78, 5) is 10.1. The monoisotopic (exact) mass is 420 g/mol. The van der Waals surface area contributed by atoms with E-state index in [1.807, 2.05) is 12.1 Å². The number of rotatable bonds is 5. The Morgan fingerprint density at radius 1 is 1.30 bits per heavy atom. The number of nitrogens with zero attached hydrogens (tertiary/aromatic N) is 2. The summed E-state index contributed by atoms with van der Waals surface area (Å²) in [5.41, 5.74) is 2.10. The molecule has 0 bridgehead atoms. The fraction of sp³-hybridized carbons (Fsp3) is 0.286. The van der Waals surface area contributed by atoms with Crippen molar-refractivity contribution in [2.24, 2.45) is 0 Å². The summed E-state index contributed by atoms with van der Waals surface area (Å²) in [5, 5.41) is 0.494. The zero-order chi connectivity index (χ0) is 14.5. The number of aryl methyl sites for hydroxylation is 1.